The second-order valence-corrected chi connectivity index (χ2v) is 9.56. The molecule has 4 atom stereocenters. The maximum Gasteiger partial charge on any atom is 0.244 e. The highest BCUT2D eigenvalue weighted by atomic mass is 16.2. The predicted molar refractivity (Wildman–Crippen MR) is 128 cm³/mol. The van der Waals surface area contributed by atoms with E-state index in [0.29, 0.717) is 5.69 Å². The molecule has 2 aromatic heterocycles. The highest BCUT2D eigenvalue weighted by Gasteiger charge is 2.59. The van der Waals surface area contributed by atoms with E-state index in [2.05, 4.69) is 17.5 Å². The van der Waals surface area contributed by atoms with Crippen molar-refractivity contribution in [2.45, 2.75) is 13.3 Å². The fraction of sp³-hybridized carbons (Fsp3) is 0.259. The quantitative estimate of drug-likeness (QED) is 0.381. The summed E-state index contributed by atoms with van der Waals surface area (Å²) in [6.45, 7) is 1.68. The highest BCUT2D eigenvalue weighted by molar-refractivity contribution is 6.17. The molecule has 7 heteroatoms. The van der Waals surface area contributed by atoms with Gasteiger partial charge in [-0.25, -0.2) is 4.98 Å². The smallest absolute Gasteiger partial charge is 0.244 e. The second kappa shape index (κ2) is 6.76. The first-order chi connectivity index (χ1) is 16.5. The van der Waals surface area contributed by atoms with Gasteiger partial charge in [-0.2, -0.15) is 0 Å². The molecule has 2 aliphatic carbocycles. The van der Waals surface area contributed by atoms with Gasteiger partial charge in [-0.05, 0) is 37.3 Å². The lowest BCUT2D eigenvalue weighted by atomic mass is 9.85. The van der Waals surface area contributed by atoms with E-state index < -0.39 is 0 Å². The van der Waals surface area contributed by atoms with Gasteiger partial charge in [0.1, 0.15) is 12.4 Å². The molecule has 1 N–H and O–H groups in total. The molecule has 2 aromatic carbocycles. The zero-order chi connectivity index (χ0) is 23.1. The largest absolute Gasteiger partial charge is 0.322 e. The molecule has 0 spiro atoms. The Bertz CT molecular complexity index is 1570. The van der Waals surface area contributed by atoms with Gasteiger partial charge in [0.2, 0.25) is 17.7 Å². The number of hydrogen-bond donors (Lipinski definition) is 1. The fourth-order valence-corrected chi connectivity index (χ4v) is 6.40. The number of amides is 3. The van der Waals surface area contributed by atoms with Gasteiger partial charge in [0, 0.05) is 10.8 Å². The first-order valence-electron chi connectivity index (χ1n) is 11.6. The van der Waals surface area contributed by atoms with Crippen molar-refractivity contribution in [3.63, 3.8) is 0 Å². The molecule has 34 heavy (non-hydrogen) atoms. The topological polar surface area (TPSA) is 83.8 Å². The molecule has 1 saturated heterocycles. The summed E-state index contributed by atoms with van der Waals surface area (Å²) in [5, 5.41) is 4.86. The molecule has 1 aliphatic heterocycles. The third kappa shape index (κ3) is 2.46. The van der Waals surface area contributed by atoms with Crippen LogP contribution in [0, 0.1) is 30.6 Å². The predicted octanol–water partition coefficient (Wildman–Crippen LogP) is 3.69. The molecule has 7 nitrogen and oxygen atoms in total. The second-order valence-electron chi connectivity index (χ2n) is 9.56. The number of likely N-dealkylation sites (tertiary alicyclic amines) is 1. The van der Waals surface area contributed by atoms with Crippen LogP contribution >= 0.6 is 0 Å². The van der Waals surface area contributed by atoms with Gasteiger partial charge in [0.05, 0.1) is 34.1 Å². The Balaban J connectivity index is 1.29. The molecule has 0 radical (unpaired) electrons. The number of hydrogen-bond acceptors (Lipinski definition) is 4. The number of benzene rings is 2. The molecule has 2 fully saturated rings. The van der Waals surface area contributed by atoms with Crippen LogP contribution < -0.4 is 5.32 Å². The summed E-state index contributed by atoms with van der Waals surface area (Å²) in [4.78, 5) is 45.3. The van der Waals surface area contributed by atoms with Crippen LogP contribution in [0.15, 0.2) is 60.7 Å². The van der Waals surface area contributed by atoms with Crippen LogP contribution in [0.4, 0.5) is 5.69 Å². The molecule has 3 amide bonds. The van der Waals surface area contributed by atoms with Gasteiger partial charge >= 0.3 is 0 Å². The zero-order valence-corrected chi connectivity index (χ0v) is 18.6. The number of imide groups is 1. The third-order valence-corrected chi connectivity index (χ3v) is 7.77. The minimum atomic E-state index is -0.376. The van der Waals surface area contributed by atoms with E-state index in [1.165, 1.54) is 4.90 Å². The number of nitrogens with zero attached hydrogens (tertiary/aromatic N) is 3. The fourth-order valence-electron chi connectivity index (χ4n) is 6.40. The van der Waals surface area contributed by atoms with Crippen molar-refractivity contribution in [3.8, 4) is 0 Å². The minimum absolute atomic E-state index is 0.126. The average Bonchev–Trinajstić information content (AvgIpc) is 3.58. The number of carbonyl (C=O) groups excluding carboxylic acids is 3. The molecule has 168 valence electrons. The van der Waals surface area contributed by atoms with Gasteiger partial charge in [-0.15, -0.1) is 0 Å². The SMILES string of the molecule is Cc1nc2ccccc2c2c(NC(=O)CN3C(=O)C4C5C=CC(C5)C4C3=O)c3ccccc3n12. The number of fused-ring (bicyclic) bond motifs is 10. The number of carbonyl (C=O) groups is 3. The molecule has 2 bridgehead atoms. The highest BCUT2D eigenvalue weighted by Crippen LogP contribution is 2.52. The first-order valence-corrected chi connectivity index (χ1v) is 11.6. The number of allylic oxidation sites excluding steroid dienone is 2. The zero-order valence-electron chi connectivity index (χ0n) is 18.6. The van der Waals surface area contributed by atoms with E-state index >= 15 is 0 Å². The standard InChI is InChI=1S/C27H22N4O3/c1-14-28-19-8-4-2-6-17(19)25-24(18-7-3-5-9-20(18)31(14)25)29-21(32)13-30-26(33)22-15-10-11-16(12-15)23(22)27(30)34/h2-11,15-16,22-23H,12-13H2,1H3,(H,29,32). The summed E-state index contributed by atoms with van der Waals surface area (Å²) >= 11 is 0. The van der Waals surface area contributed by atoms with Crippen molar-refractivity contribution in [2.24, 2.45) is 23.7 Å². The van der Waals surface area contributed by atoms with Crippen molar-refractivity contribution < 1.29 is 14.4 Å². The monoisotopic (exact) mass is 450 g/mol. The Morgan fingerprint density at radius 3 is 2.35 bits per heavy atom. The van der Waals surface area contributed by atoms with Gasteiger partial charge in [0.25, 0.3) is 0 Å². The van der Waals surface area contributed by atoms with Crippen molar-refractivity contribution in [1.29, 1.82) is 0 Å². The van der Waals surface area contributed by atoms with E-state index in [9.17, 15) is 14.4 Å². The van der Waals surface area contributed by atoms with Crippen molar-refractivity contribution in [3.05, 3.63) is 66.5 Å². The number of aromatic nitrogens is 2. The van der Waals surface area contributed by atoms with E-state index in [1.807, 2.05) is 59.9 Å². The average molecular weight is 450 g/mol. The van der Waals surface area contributed by atoms with Crippen molar-refractivity contribution in [2.75, 3.05) is 11.9 Å². The Labute approximate surface area is 195 Å². The molecule has 4 unspecified atom stereocenters. The number of aryl methyl sites for hydroxylation is 1. The molecule has 7 rings (SSSR count). The normalized spacial score (nSPS) is 25.3. The van der Waals surface area contributed by atoms with E-state index in [0.717, 1.165) is 39.6 Å². The summed E-state index contributed by atoms with van der Waals surface area (Å²) in [5.74, 6) is -0.335. The van der Waals surface area contributed by atoms with Crippen LogP contribution in [0.1, 0.15) is 12.2 Å². The van der Waals surface area contributed by atoms with Crippen LogP contribution in [0.3, 0.4) is 0 Å². The van der Waals surface area contributed by atoms with Crippen LogP contribution in [-0.2, 0) is 14.4 Å². The van der Waals surface area contributed by atoms with Crippen LogP contribution in [-0.4, -0.2) is 38.6 Å². The van der Waals surface area contributed by atoms with Crippen LogP contribution in [0.2, 0.25) is 0 Å². The summed E-state index contributed by atoms with van der Waals surface area (Å²) in [6.07, 6.45) is 4.99. The molecule has 1 saturated carbocycles. The van der Waals surface area contributed by atoms with Gasteiger partial charge in [-0.3, -0.25) is 23.7 Å². The van der Waals surface area contributed by atoms with E-state index in [4.69, 9.17) is 4.98 Å². The molecular weight excluding hydrogens is 428 g/mol. The number of anilines is 1. The minimum Gasteiger partial charge on any atom is -0.322 e. The van der Waals surface area contributed by atoms with Crippen LogP contribution in [0.25, 0.3) is 27.3 Å². The molecular formula is C27H22N4O3. The van der Waals surface area contributed by atoms with Gasteiger partial charge in [0.15, 0.2) is 0 Å². The molecule has 4 aromatic rings. The molecule has 3 heterocycles. The van der Waals surface area contributed by atoms with E-state index in [1.54, 1.807) is 0 Å². The summed E-state index contributed by atoms with van der Waals surface area (Å²) in [7, 11) is 0. The number of nitrogens with one attached hydrogen (secondary N) is 1. The first kappa shape index (κ1) is 19.5. The maximum absolute atomic E-state index is 13.3. The van der Waals surface area contributed by atoms with Crippen molar-refractivity contribution in [1.82, 2.24) is 14.3 Å². The maximum atomic E-state index is 13.3. The van der Waals surface area contributed by atoms with Gasteiger partial charge < -0.3 is 5.32 Å². The number of para-hydroxylation sites is 2. The van der Waals surface area contributed by atoms with Crippen LogP contribution in [0.5, 0.6) is 0 Å². The van der Waals surface area contributed by atoms with Gasteiger partial charge in [-0.1, -0.05) is 48.6 Å². The molecule has 3 aliphatic rings. The summed E-state index contributed by atoms with van der Waals surface area (Å²) < 4.78 is 2.05. The Morgan fingerprint density at radius 1 is 0.971 bits per heavy atom. The Hall–Kier alpha value is -4.00. The number of rotatable bonds is 3. The Kier molecular flexibility index (Phi) is 3.87. The Morgan fingerprint density at radius 2 is 1.62 bits per heavy atom. The lowest BCUT2D eigenvalue weighted by Gasteiger charge is -2.17. The summed E-state index contributed by atoms with van der Waals surface area (Å²) in [6, 6.07) is 15.7. The lowest BCUT2D eigenvalue weighted by molar-refractivity contribution is -0.143. The van der Waals surface area contributed by atoms with Crippen molar-refractivity contribution >= 4 is 50.7 Å². The summed E-state index contributed by atoms with van der Waals surface area (Å²) in [5.41, 5.74) is 3.31. The lowest BCUT2D eigenvalue weighted by Crippen LogP contribution is -2.39. The third-order valence-electron chi connectivity index (χ3n) is 7.77. The van der Waals surface area contributed by atoms with E-state index in [-0.39, 0.29) is 47.9 Å².